The molecule has 0 spiro atoms. The molecule has 1 aromatic carbocycles. The van der Waals surface area contributed by atoms with Crippen molar-refractivity contribution in [2.45, 2.75) is 6.42 Å². The van der Waals surface area contributed by atoms with Crippen molar-refractivity contribution in [1.82, 2.24) is 5.32 Å². The number of likely N-dealkylation sites (N-methyl/N-ethyl adjacent to an activating group) is 1. The van der Waals surface area contributed by atoms with Crippen molar-refractivity contribution in [3.05, 3.63) is 28.5 Å². The number of hydrogen-bond acceptors (Lipinski definition) is 2. The summed E-state index contributed by atoms with van der Waals surface area (Å²) in [5, 5.41) is 3.31. The zero-order valence-corrected chi connectivity index (χ0v) is 8.99. The smallest absolute Gasteiger partial charge is 0.137 e. The van der Waals surface area contributed by atoms with Gasteiger partial charge >= 0.3 is 0 Å². The van der Waals surface area contributed by atoms with E-state index in [9.17, 15) is 4.39 Å². The molecule has 14 heavy (non-hydrogen) atoms. The van der Waals surface area contributed by atoms with Gasteiger partial charge in [-0.1, -0.05) is 11.6 Å². The van der Waals surface area contributed by atoms with Gasteiger partial charge in [0.15, 0.2) is 0 Å². The first-order valence-corrected chi connectivity index (χ1v) is 4.74. The molecule has 0 saturated carbocycles. The van der Waals surface area contributed by atoms with Crippen LogP contribution in [0.5, 0.6) is 5.75 Å². The lowest BCUT2D eigenvalue weighted by Gasteiger charge is -2.09. The van der Waals surface area contributed by atoms with Crippen molar-refractivity contribution < 1.29 is 9.13 Å². The van der Waals surface area contributed by atoms with Crippen LogP contribution in [0.2, 0.25) is 5.02 Å². The Morgan fingerprint density at radius 1 is 1.50 bits per heavy atom. The fraction of sp³-hybridized carbons (Fsp3) is 0.400. The summed E-state index contributed by atoms with van der Waals surface area (Å²) in [7, 11) is 3.33. The predicted octanol–water partition coefficient (Wildman–Crippen LogP) is 2.25. The van der Waals surface area contributed by atoms with E-state index in [1.807, 2.05) is 7.05 Å². The quantitative estimate of drug-likeness (QED) is 0.836. The Labute approximate surface area is 88.0 Å². The second-order valence-corrected chi connectivity index (χ2v) is 3.27. The Morgan fingerprint density at radius 2 is 2.21 bits per heavy atom. The molecule has 78 valence electrons. The molecule has 1 N–H and O–H groups in total. The maximum Gasteiger partial charge on any atom is 0.137 e. The van der Waals surface area contributed by atoms with E-state index in [4.69, 9.17) is 16.3 Å². The molecule has 0 aliphatic heterocycles. The van der Waals surface area contributed by atoms with Crippen molar-refractivity contribution in [2.24, 2.45) is 0 Å². The summed E-state index contributed by atoms with van der Waals surface area (Å²) in [5.74, 6) is 0.227. The van der Waals surface area contributed by atoms with Gasteiger partial charge < -0.3 is 10.1 Å². The lowest BCUT2D eigenvalue weighted by Crippen LogP contribution is -2.11. The van der Waals surface area contributed by atoms with Gasteiger partial charge in [-0.2, -0.15) is 0 Å². The first-order valence-electron chi connectivity index (χ1n) is 4.36. The second kappa shape index (κ2) is 5.17. The van der Waals surface area contributed by atoms with E-state index in [-0.39, 0.29) is 5.82 Å². The van der Waals surface area contributed by atoms with Crippen molar-refractivity contribution in [2.75, 3.05) is 20.7 Å². The normalized spacial score (nSPS) is 10.3. The van der Waals surface area contributed by atoms with Gasteiger partial charge in [-0.25, -0.2) is 4.39 Å². The first-order chi connectivity index (χ1) is 6.70. The van der Waals surface area contributed by atoms with E-state index in [2.05, 4.69) is 5.32 Å². The van der Waals surface area contributed by atoms with Crippen LogP contribution in [0.25, 0.3) is 0 Å². The molecular formula is C10H13ClFNO. The van der Waals surface area contributed by atoms with E-state index in [0.29, 0.717) is 29.3 Å². The molecular weight excluding hydrogens is 205 g/mol. The molecule has 0 aromatic heterocycles. The molecule has 0 bridgehead atoms. The van der Waals surface area contributed by atoms with Gasteiger partial charge in [-0.3, -0.25) is 0 Å². The summed E-state index contributed by atoms with van der Waals surface area (Å²) in [4.78, 5) is 0. The number of ether oxygens (including phenoxy) is 1. The number of nitrogens with one attached hydrogen (secondary N) is 1. The SMILES string of the molecule is CNCCc1c(F)ccc(OC)c1Cl. The van der Waals surface area contributed by atoms with Crippen molar-refractivity contribution >= 4 is 11.6 Å². The second-order valence-electron chi connectivity index (χ2n) is 2.90. The van der Waals surface area contributed by atoms with Crippen LogP contribution >= 0.6 is 11.6 Å². The van der Waals surface area contributed by atoms with Gasteiger partial charge in [0.1, 0.15) is 11.6 Å². The summed E-state index contributed by atoms with van der Waals surface area (Å²) >= 11 is 5.96. The zero-order valence-electron chi connectivity index (χ0n) is 8.23. The minimum absolute atomic E-state index is 0.286. The van der Waals surface area contributed by atoms with Gasteiger partial charge in [-0.15, -0.1) is 0 Å². The fourth-order valence-electron chi connectivity index (χ4n) is 1.21. The van der Waals surface area contributed by atoms with Gasteiger partial charge in [0.2, 0.25) is 0 Å². The highest BCUT2D eigenvalue weighted by molar-refractivity contribution is 6.32. The average Bonchev–Trinajstić information content (AvgIpc) is 2.18. The van der Waals surface area contributed by atoms with Crippen LogP contribution in [-0.2, 0) is 6.42 Å². The van der Waals surface area contributed by atoms with Crippen LogP contribution in [0.15, 0.2) is 12.1 Å². The molecule has 0 radical (unpaired) electrons. The summed E-state index contributed by atoms with van der Waals surface area (Å²) in [6.45, 7) is 0.684. The molecule has 2 nitrogen and oxygen atoms in total. The Morgan fingerprint density at radius 3 is 2.79 bits per heavy atom. The summed E-state index contributed by atoms with van der Waals surface area (Å²) in [5.41, 5.74) is 0.500. The standard InChI is InChI=1S/C10H13ClFNO/c1-13-6-5-7-8(12)3-4-9(14-2)10(7)11/h3-4,13H,5-6H2,1-2H3. The molecule has 4 heteroatoms. The summed E-state index contributed by atoms with van der Waals surface area (Å²) in [6.07, 6.45) is 0.554. The molecule has 1 rings (SSSR count). The minimum Gasteiger partial charge on any atom is -0.495 e. The lowest BCUT2D eigenvalue weighted by atomic mass is 10.1. The van der Waals surface area contributed by atoms with Crippen molar-refractivity contribution in [3.63, 3.8) is 0 Å². The third-order valence-electron chi connectivity index (χ3n) is 2.00. The largest absolute Gasteiger partial charge is 0.495 e. The maximum atomic E-state index is 13.3. The maximum absolute atomic E-state index is 13.3. The van der Waals surface area contributed by atoms with Gasteiger partial charge in [0.05, 0.1) is 12.1 Å². The van der Waals surface area contributed by atoms with E-state index in [1.54, 1.807) is 0 Å². The van der Waals surface area contributed by atoms with Crippen LogP contribution in [0.4, 0.5) is 4.39 Å². The first kappa shape index (κ1) is 11.3. The molecule has 0 unspecified atom stereocenters. The fourth-order valence-corrected chi connectivity index (χ4v) is 1.54. The predicted molar refractivity (Wildman–Crippen MR) is 55.6 cm³/mol. The van der Waals surface area contributed by atoms with Gasteiger partial charge in [-0.05, 0) is 32.1 Å². The number of rotatable bonds is 4. The summed E-state index contributed by atoms with van der Waals surface area (Å²) < 4.78 is 18.3. The van der Waals surface area contributed by atoms with Crippen molar-refractivity contribution in [3.8, 4) is 5.75 Å². The van der Waals surface area contributed by atoms with E-state index >= 15 is 0 Å². The number of methoxy groups -OCH3 is 1. The van der Waals surface area contributed by atoms with E-state index < -0.39 is 0 Å². The average molecular weight is 218 g/mol. The summed E-state index contributed by atoms with van der Waals surface area (Å²) in [6, 6.07) is 2.90. The van der Waals surface area contributed by atoms with Crippen LogP contribution < -0.4 is 10.1 Å². The minimum atomic E-state index is -0.286. The highest BCUT2D eigenvalue weighted by Gasteiger charge is 2.11. The Balaban J connectivity index is 2.99. The van der Waals surface area contributed by atoms with Crippen LogP contribution in [0.3, 0.4) is 0 Å². The van der Waals surface area contributed by atoms with E-state index in [1.165, 1.54) is 19.2 Å². The van der Waals surface area contributed by atoms with Crippen LogP contribution in [-0.4, -0.2) is 20.7 Å². The molecule has 0 amide bonds. The number of hydrogen-bond donors (Lipinski definition) is 1. The number of benzene rings is 1. The van der Waals surface area contributed by atoms with Crippen LogP contribution in [0, 0.1) is 5.82 Å². The molecule has 1 aromatic rings. The molecule has 0 saturated heterocycles. The number of halogens is 2. The monoisotopic (exact) mass is 217 g/mol. The molecule has 0 atom stereocenters. The highest BCUT2D eigenvalue weighted by atomic mass is 35.5. The van der Waals surface area contributed by atoms with Crippen molar-refractivity contribution in [1.29, 1.82) is 0 Å². The third kappa shape index (κ3) is 2.36. The lowest BCUT2D eigenvalue weighted by molar-refractivity contribution is 0.413. The zero-order chi connectivity index (χ0) is 10.6. The van der Waals surface area contributed by atoms with Gasteiger partial charge in [0.25, 0.3) is 0 Å². The molecule has 0 heterocycles. The van der Waals surface area contributed by atoms with E-state index in [0.717, 1.165) is 0 Å². The Kier molecular flexibility index (Phi) is 4.17. The van der Waals surface area contributed by atoms with Gasteiger partial charge in [0, 0.05) is 5.56 Å². The Bertz CT molecular complexity index is 317. The topological polar surface area (TPSA) is 21.3 Å². The molecule has 0 aliphatic carbocycles. The third-order valence-corrected chi connectivity index (χ3v) is 2.41. The Hall–Kier alpha value is -0.800. The molecule has 0 fully saturated rings. The van der Waals surface area contributed by atoms with Crippen LogP contribution in [0.1, 0.15) is 5.56 Å². The highest BCUT2D eigenvalue weighted by Crippen LogP contribution is 2.30. The molecule has 0 aliphatic rings.